The van der Waals surface area contributed by atoms with Gasteiger partial charge in [0.2, 0.25) is 5.91 Å². The summed E-state index contributed by atoms with van der Waals surface area (Å²) in [7, 11) is 0. The Labute approximate surface area is 210 Å². The van der Waals surface area contributed by atoms with Gasteiger partial charge in [-0.25, -0.2) is 9.96 Å². The summed E-state index contributed by atoms with van der Waals surface area (Å²) >= 11 is 12.5. The van der Waals surface area contributed by atoms with Gasteiger partial charge in [-0.05, 0) is 35.7 Å². The molecule has 4 aromatic carbocycles. The molecule has 2 saturated heterocycles. The summed E-state index contributed by atoms with van der Waals surface area (Å²) < 4.78 is 0. The third-order valence-corrected chi connectivity index (χ3v) is 7.02. The van der Waals surface area contributed by atoms with E-state index in [0.717, 1.165) is 10.8 Å². The lowest BCUT2D eigenvalue weighted by molar-refractivity contribution is -0.126. The molecule has 2 aliphatic rings. The molecule has 0 aromatic heterocycles. The number of carbonyl (C=O) groups excluding carboxylic acids is 2. The van der Waals surface area contributed by atoms with Crippen molar-refractivity contribution in [1.82, 2.24) is 0 Å². The molecular weight excluding hydrogens is 487 g/mol. The second-order valence-electron chi connectivity index (χ2n) is 8.49. The first kappa shape index (κ1) is 21.9. The number of halogens is 2. The number of nitrogens with zero attached hydrogens (tertiary/aromatic N) is 2. The van der Waals surface area contributed by atoms with E-state index < -0.39 is 29.9 Å². The number of aromatic hydroxyl groups is 1. The lowest BCUT2D eigenvalue weighted by Gasteiger charge is -2.29. The first-order chi connectivity index (χ1) is 17.0. The molecule has 6 nitrogen and oxygen atoms in total. The van der Waals surface area contributed by atoms with Crippen molar-refractivity contribution in [2.45, 2.75) is 12.1 Å². The topological polar surface area (TPSA) is 70.1 Å². The van der Waals surface area contributed by atoms with Gasteiger partial charge in [0.1, 0.15) is 11.7 Å². The quantitative estimate of drug-likeness (QED) is 0.351. The summed E-state index contributed by atoms with van der Waals surface area (Å²) in [6, 6.07) is 24.3. The van der Waals surface area contributed by atoms with Crippen LogP contribution in [0.1, 0.15) is 11.6 Å². The second kappa shape index (κ2) is 8.27. The molecule has 0 aliphatic carbocycles. The molecule has 174 valence electrons. The van der Waals surface area contributed by atoms with Crippen LogP contribution in [0.2, 0.25) is 10.0 Å². The van der Waals surface area contributed by atoms with Gasteiger partial charge in [0.05, 0.1) is 22.4 Å². The zero-order chi connectivity index (χ0) is 24.3. The van der Waals surface area contributed by atoms with Crippen LogP contribution in [0.25, 0.3) is 10.8 Å². The zero-order valence-corrected chi connectivity index (χ0v) is 19.6. The molecule has 2 heterocycles. The molecule has 2 fully saturated rings. The van der Waals surface area contributed by atoms with Crippen molar-refractivity contribution in [1.29, 1.82) is 0 Å². The molecule has 0 unspecified atom stereocenters. The number of hydrogen-bond donors (Lipinski definition) is 1. The van der Waals surface area contributed by atoms with Crippen molar-refractivity contribution in [3.8, 4) is 5.75 Å². The lowest BCUT2D eigenvalue weighted by atomic mass is 9.90. The van der Waals surface area contributed by atoms with Crippen LogP contribution in [0.5, 0.6) is 5.75 Å². The summed E-state index contributed by atoms with van der Waals surface area (Å²) in [5.41, 5.74) is 1.42. The molecule has 0 radical (unpaired) electrons. The standard InChI is InChI=1S/C27H18Cl2N2O4/c28-16-13-19(24(32)20(29)14-16)23-22-25(35-31(23)17-9-2-1-3-10-17)27(34)30(26(22)33)21-12-6-8-15-7-4-5-11-18(15)21/h1-14,22-23,25,32H/t22-,23-,25+/m0/s1. The van der Waals surface area contributed by atoms with Gasteiger partial charge in [0.15, 0.2) is 6.10 Å². The summed E-state index contributed by atoms with van der Waals surface area (Å²) in [4.78, 5) is 34.9. The van der Waals surface area contributed by atoms with Gasteiger partial charge >= 0.3 is 0 Å². The van der Waals surface area contributed by atoms with E-state index in [1.54, 1.807) is 24.3 Å². The normalized spacial score (nSPS) is 21.7. The van der Waals surface area contributed by atoms with Crippen LogP contribution in [-0.2, 0) is 14.4 Å². The minimum atomic E-state index is -1.08. The average Bonchev–Trinajstić information content (AvgIpc) is 3.37. The van der Waals surface area contributed by atoms with Crippen LogP contribution in [0.4, 0.5) is 11.4 Å². The Bertz CT molecular complexity index is 1490. The average molecular weight is 505 g/mol. The van der Waals surface area contributed by atoms with Gasteiger partial charge in [-0.15, -0.1) is 0 Å². The number of carbonyl (C=O) groups is 2. The van der Waals surface area contributed by atoms with Crippen LogP contribution in [0, 0.1) is 5.92 Å². The fourth-order valence-corrected chi connectivity index (χ4v) is 5.49. The molecule has 4 aromatic rings. The number of hydrogen-bond acceptors (Lipinski definition) is 5. The molecule has 0 spiro atoms. The maximum Gasteiger partial charge on any atom is 0.266 e. The Kier molecular flexibility index (Phi) is 5.18. The fraction of sp³-hybridized carbons (Fsp3) is 0.111. The highest BCUT2D eigenvalue weighted by molar-refractivity contribution is 6.35. The van der Waals surface area contributed by atoms with Crippen LogP contribution >= 0.6 is 23.2 Å². The fourth-order valence-electron chi connectivity index (χ4n) is 4.98. The Hall–Kier alpha value is -3.58. The van der Waals surface area contributed by atoms with E-state index in [1.165, 1.54) is 16.0 Å². The van der Waals surface area contributed by atoms with E-state index in [9.17, 15) is 14.7 Å². The van der Waals surface area contributed by atoms with Crippen molar-refractivity contribution in [3.63, 3.8) is 0 Å². The lowest BCUT2D eigenvalue weighted by Crippen LogP contribution is -2.37. The van der Waals surface area contributed by atoms with Crippen LogP contribution in [0.3, 0.4) is 0 Å². The first-order valence-corrected chi connectivity index (χ1v) is 11.8. The SMILES string of the molecule is O=C1[C@@H]2[C@@H](ON(c3ccccc3)[C@H]2c2cc(Cl)cc(Cl)c2O)C(=O)N1c1cccc2ccccc12. The predicted octanol–water partition coefficient (Wildman–Crippen LogP) is 5.90. The molecule has 35 heavy (non-hydrogen) atoms. The number of anilines is 2. The number of para-hydroxylation sites is 1. The van der Waals surface area contributed by atoms with Gasteiger partial charge < -0.3 is 5.11 Å². The largest absolute Gasteiger partial charge is 0.506 e. The van der Waals surface area contributed by atoms with Crippen molar-refractivity contribution < 1.29 is 19.5 Å². The predicted molar refractivity (Wildman–Crippen MR) is 135 cm³/mol. The second-order valence-corrected chi connectivity index (χ2v) is 9.34. The first-order valence-electron chi connectivity index (χ1n) is 11.0. The van der Waals surface area contributed by atoms with E-state index in [4.69, 9.17) is 28.0 Å². The van der Waals surface area contributed by atoms with Crippen LogP contribution in [-0.4, -0.2) is 23.0 Å². The number of fused-ring (bicyclic) bond motifs is 2. The number of phenolic OH excluding ortho intramolecular Hbond substituents is 1. The number of phenols is 1. The molecular formula is C27H18Cl2N2O4. The Balaban J connectivity index is 1.51. The summed E-state index contributed by atoms with van der Waals surface area (Å²) in [5.74, 6) is -2.03. The minimum Gasteiger partial charge on any atom is -0.506 e. The summed E-state index contributed by atoms with van der Waals surface area (Å²) in [6.07, 6.45) is -1.08. The number of imide groups is 1. The van der Waals surface area contributed by atoms with Gasteiger partial charge in [-0.1, -0.05) is 77.8 Å². The Morgan fingerprint density at radius 3 is 2.34 bits per heavy atom. The van der Waals surface area contributed by atoms with Crippen LogP contribution < -0.4 is 9.96 Å². The third-order valence-electron chi connectivity index (χ3n) is 6.51. The van der Waals surface area contributed by atoms with Gasteiger partial charge in [-0.3, -0.25) is 14.4 Å². The minimum absolute atomic E-state index is 0.0478. The molecule has 2 aliphatic heterocycles. The van der Waals surface area contributed by atoms with Crippen molar-refractivity contribution in [3.05, 3.63) is 101 Å². The number of hydroxylamine groups is 1. The van der Waals surface area contributed by atoms with E-state index >= 15 is 0 Å². The summed E-state index contributed by atoms with van der Waals surface area (Å²) in [6.45, 7) is 0. The number of benzene rings is 4. The van der Waals surface area contributed by atoms with Gasteiger partial charge in [-0.2, -0.15) is 0 Å². The van der Waals surface area contributed by atoms with Gasteiger partial charge in [0.25, 0.3) is 5.91 Å². The number of rotatable bonds is 3. The molecule has 1 N–H and O–H groups in total. The molecule has 2 amide bonds. The maximum absolute atomic E-state index is 13.9. The van der Waals surface area contributed by atoms with E-state index in [0.29, 0.717) is 22.0 Å². The number of amides is 2. The highest BCUT2D eigenvalue weighted by Crippen LogP contribution is 2.51. The third kappa shape index (κ3) is 3.37. The van der Waals surface area contributed by atoms with Gasteiger partial charge in [0, 0.05) is 16.0 Å². The smallest absolute Gasteiger partial charge is 0.266 e. The molecule has 6 rings (SSSR count). The highest BCUT2D eigenvalue weighted by atomic mass is 35.5. The Morgan fingerprint density at radius 1 is 0.829 bits per heavy atom. The zero-order valence-electron chi connectivity index (χ0n) is 18.1. The maximum atomic E-state index is 13.9. The summed E-state index contributed by atoms with van der Waals surface area (Å²) in [5, 5.41) is 14.4. The monoisotopic (exact) mass is 504 g/mol. The van der Waals surface area contributed by atoms with Crippen molar-refractivity contribution in [2.75, 3.05) is 9.96 Å². The van der Waals surface area contributed by atoms with E-state index in [2.05, 4.69) is 0 Å². The van der Waals surface area contributed by atoms with E-state index in [-0.39, 0.29) is 10.8 Å². The van der Waals surface area contributed by atoms with Crippen LogP contribution in [0.15, 0.2) is 84.9 Å². The Morgan fingerprint density at radius 2 is 1.54 bits per heavy atom. The molecule has 0 bridgehead atoms. The van der Waals surface area contributed by atoms with E-state index in [1.807, 2.05) is 54.6 Å². The molecule has 0 saturated carbocycles. The highest BCUT2D eigenvalue weighted by Gasteiger charge is 2.61. The van der Waals surface area contributed by atoms with Crippen molar-refractivity contribution >= 4 is 57.2 Å². The molecule has 3 atom stereocenters. The molecule has 8 heteroatoms. The van der Waals surface area contributed by atoms with Crippen molar-refractivity contribution in [2.24, 2.45) is 5.92 Å².